The third-order valence-corrected chi connectivity index (χ3v) is 6.05. The van der Waals surface area contributed by atoms with Crippen molar-refractivity contribution in [1.29, 1.82) is 0 Å². The molecule has 0 radical (unpaired) electrons. The summed E-state index contributed by atoms with van der Waals surface area (Å²) in [4.78, 5) is 27.9. The Morgan fingerprint density at radius 2 is 1.84 bits per heavy atom. The van der Waals surface area contributed by atoms with E-state index in [1.807, 2.05) is 4.98 Å². The highest BCUT2D eigenvalue weighted by atomic mass is 35.5. The Balaban J connectivity index is 2.49. The summed E-state index contributed by atoms with van der Waals surface area (Å²) in [5.41, 5.74) is -5.22. The SMILES string of the molecule is CO[C@H](CO)CSc1c(-c2cc(Cl)c(F)cc2F)c(C(F)(F)F)cc2c(=O)[nH]c(=O)[nH]c12. The van der Waals surface area contributed by atoms with Crippen LogP contribution >= 0.6 is 23.4 Å². The predicted octanol–water partition coefficient (Wildman–Crippen LogP) is 3.93. The molecule has 0 unspecified atom stereocenters. The number of hydrogen-bond donors (Lipinski definition) is 3. The number of thioether (sulfide) groups is 1. The predicted molar refractivity (Wildman–Crippen MR) is 109 cm³/mol. The number of fused-ring (bicyclic) bond motifs is 1. The number of alkyl halides is 3. The number of aromatic amines is 2. The van der Waals surface area contributed by atoms with Gasteiger partial charge in [0.2, 0.25) is 0 Å². The lowest BCUT2D eigenvalue weighted by Gasteiger charge is -2.21. The summed E-state index contributed by atoms with van der Waals surface area (Å²) in [6, 6.07) is 1.50. The van der Waals surface area contributed by atoms with Crippen LogP contribution in [0.1, 0.15) is 5.56 Å². The van der Waals surface area contributed by atoms with Crippen LogP contribution in [0.4, 0.5) is 22.0 Å². The molecule has 0 saturated heterocycles. The van der Waals surface area contributed by atoms with Crippen molar-refractivity contribution in [2.75, 3.05) is 19.5 Å². The second-order valence-electron chi connectivity index (χ2n) is 6.55. The van der Waals surface area contributed by atoms with Gasteiger partial charge in [-0.15, -0.1) is 11.8 Å². The number of ether oxygens (including phenoxy) is 1. The van der Waals surface area contributed by atoms with Crippen molar-refractivity contribution in [3.8, 4) is 11.1 Å². The second kappa shape index (κ2) is 9.22. The largest absolute Gasteiger partial charge is 0.417 e. The molecule has 2 aromatic carbocycles. The molecule has 3 aromatic rings. The van der Waals surface area contributed by atoms with E-state index in [1.165, 1.54) is 7.11 Å². The fraction of sp³-hybridized carbons (Fsp3) is 0.263. The number of aliphatic hydroxyl groups is 1. The molecule has 0 aliphatic rings. The average Bonchev–Trinajstić information content (AvgIpc) is 2.70. The molecule has 13 heteroatoms. The van der Waals surface area contributed by atoms with Crippen molar-refractivity contribution < 1.29 is 31.8 Å². The van der Waals surface area contributed by atoms with Crippen LogP contribution in [0.25, 0.3) is 22.0 Å². The molecular formula is C19H14ClF5N2O4S. The smallest absolute Gasteiger partial charge is 0.394 e. The zero-order valence-corrected chi connectivity index (χ0v) is 17.6. The molecule has 3 N–H and O–H groups in total. The number of H-pyrrole nitrogens is 2. The highest BCUT2D eigenvalue weighted by molar-refractivity contribution is 7.99. The van der Waals surface area contributed by atoms with Crippen LogP contribution < -0.4 is 11.2 Å². The zero-order valence-electron chi connectivity index (χ0n) is 16.1. The van der Waals surface area contributed by atoms with Crippen LogP contribution in [0.5, 0.6) is 0 Å². The molecule has 32 heavy (non-hydrogen) atoms. The maximum atomic E-state index is 14.7. The molecule has 1 heterocycles. The number of nitrogens with one attached hydrogen (secondary N) is 2. The van der Waals surface area contributed by atoms with Crippen molar-refractivity contribution in [1.82, 2.24) is 9.97 Å². The Morgan fingerprint density at radius 1 is 1.16 bits per heavy atom. The van der Waals surface area contributed by atoms with E-state index in [1.54, 1.807) is 0 Å². The van der Waals surface area contributed by atoms with Gasteiger partial charge in [0, 0.05) is 35.0 Å². The first-order valence-corrected chi connectivity index (χ1v) is 10.2. The molecular weight excluding hydrogens is 483 g/mol. The lowest BCUT2D eigenvalue weighted by Crippen LogP contribution is -2.24. The van der Waals surface area contributed by atoms with Gasteiger partial charge in [0.1, 0.15) is 11.6 Å². The number of rotatable bonds is 6. The first kappa shape index (κ1) is 24.2. The van der Waals surface area contributed by atoms with Crippen LogP contribution in [-0.2, 0) is 10.9 Å². The molecule has 0 bridgehead atoms. The summed E-state index contributed by atoms with van der Waals surface area (Å²) in [6.45, 7) is -0.483. The molecule has 0 aliphatic carbocycles. The van der Waals surface area contributed by atoms with Gasteiger partial charge in [0.05, 0.1) is 34.2 Å². The number of methoxy groups -OCH3 is 1. The highest BCUT2D eigenvalue weighted by Crippen LogP contribution is 2.46. The topological polar surface area (TPSA) is 95.2 Å². The molecule has 0 spiro atoms. The van der Waals surface area contributed by atoms with Crippen molar-refractivity contribution in [3.63, 3.8) is 0 Å². The normalized spacial score (nSPS) is 13.0. The third-order valence-electron chi connectivity index (χ3n) is 4.53. The maximum absolute atomic E-state index is 14.7. The fourth-order valence-corrected chi connectivity index (χ4v) is 4.43. The zero-order chi connectivity index (χ0) is 23.8. The Labute approximate surface area is 185 Å². The monoisotopic (exact) mass is 496 g/mol. The fourth-order valence-electron chi connectivity index (χ4n) is 3.00. The van der Waals surface area contributed by atoms with E-state index in [4.69, 9.17) is 16.3 Å². The summed E-state index contributed by atoms with van der Waals surface area (Å²) >= 11 is 6.38. The van der Waals surface area contributed by atoms with E-state index >= 15 is 0 Å². The molecule has 1 aromatic heterocycles. The Hall–Kier alpha value is -2.41. The van der Waals surface area contributed by atoms with Crippen molar-refractivity contribution >= 4 is 34.3 Å². The van der Waals surface area contributed by atoms with Crippen LogP contribution in [0.3, 0.4) is 0 Å². The number of aromatic nitrogens is 2. The van der Waals surface area contributed by atoms with Crippen molar-refractivity contribution in [2.45, 2.75) is 17.2 Å². The van der Waals surface area contributed by atoms with Gasteiger partial charge in [-0.3, -0.25) is 9.78 Å². The van der Waals surface area contributed by atoms with Gasteiger partial charge in [-0.05, 0) is 12.1 Å². The molecule has 0 fully saturated rings. The number of benzene rings is 2. The average molecular weight is 497 g/mol. The summed E-state index contributed by atoms with van der Waals surface area (Å²) in [5.74, 6) is -2.64. The van der Waals surface area contributed by atoms with E-state index < -0.39 is 68.9 Å². The third kappa shape index (κ3) is 4.68. The first-order valence-electron chi connectivity index (χ1n) is 8.79. The van der Waals surface area contributed by atoms with Crippen LogP contribution in [0.15, 0.2) is 32.7 Å². The van der Waals surface area contributed by atoms with Gasteiger partial charge < -0.3 is 14.8 Å². The lowest BCUT2D eigenvalue weighted by molar-refractivity contribution is -0.137. The minimum absolute atomic E-state index is 0.123. The lowest BCUT2D eigenvalue weighted by atomic mass is 9.96. The van der Waals surface area contributed by atoms with Crippen molar-refractivity contribution in [3.05, 3.63) is 61.3 Å². The quantitative estimate of drug-likeness (QED) is 0.273. The number of aliphatic hydroxyl groups excluding tert-OH is 1. The Morgan fingerprint density at radius 3 is 2.44 bits per heavy atom. The highest BCUT2D eigenvalue weighted by Gasteiger charge is 2.37. The van der Waals surface area contributed by atoms with E-state index in [9.17, 15) is 36.6 Å². The summed E-state index contributed by atoms with van der Waals surface area (Å²) in [7, 11) is 1.26. The van der Waals surface area contributed by atoms with E-state index in [0.717, 1.165) is 0 Å². The van der Waals surface area contributed by atoms with E-state index in [-0.39, 0.29) is 16.2 Å². The molecule has 0 aliphatic heterocycles. The minimum atomic E-state index is -5.06. The Bertz CT molecular complexity index is 1290. The summed E-state index contributed by atoms with van der Waals surface area (Å²) in [6.07, 6.45) is -5.89. The molecule has 1 atom stereocenters. The minimum Gasteiger partial charge on any atom is -0.394 e. The van der Waals surface area contributed by atoms with E-state index in [2.05, 4.69) is 4.98 Å². The van der Waals surface area contributed by atoms with Crippen LogP contribution in [0.2, 0.25) is 5.02 Å². The van der Waals surface area contributed by atoms with Gasteiger partial charge in [-0.2, -0.15) is 13.2 Å². The Kier molecular flexibility index (Phi) is 6.98. The molecule has 172 valence electrons. The standard InChI is InChI=1S/C19H14ClF5N2O4S/c1-31-7(5-28)6-32-16-14(8-3-11(20)13(22)4-12(8)21)10(19(23,24)25)2-9-15(16)26-18(30)27-17(9)29/h2-4,7,28H,5-6H2,1H3,(H2,26,27,29,30)/t7-/m1/s1. The van der Waals surface area contributed by atoms with Crippen molar-refractivity contribution in [2.24, 2.45) is 0 Å². The molecule has 0 amide bonds. The van der Waals surface area contributed by atoms with Gasteiger partial charge in [0.15, 0.2) is 0 Å². The van der Waals surface area contributed by atoms with Crippen LogP contribution in [0, 0.1) is 11.6 Å². The van der Waals surface area contributed by atoms with Gasteiger partial charge in [-0.1, -0.05) is 11.6 Å². The molecule has 0 saturated carbocycles. The number of hydrogen-bond acceptors (Lipinski definition) is 5. The second-order valence-corrected chi connectivity index (χ2v) is 7.99. The van der Waals surface area contributed by atoms with Crippen LogP contribution in [-0.4, -0.2) is 40.6 Å². The molecule has 6 nitrogen and oxygen atoms in total. The van der Waals surface area contributed by atoms with E-state index in [0.29, 0.717) is 30.0 Å². The van der Waals surface area contributed by atoms with Gasteiger partial charge >= 0.3 is 11.9 Å². The molecule has 3 rings (SSSR count). The maximum Gasteiger partial charge on any atom is 0.417 e. The summed E-state index contributed by atoms with van der Waals surface area (Å²) < 4.78 is 75.4. The van der Waals surface area contributed by atoms with Gasteiger partial charge in [-0.25, -0.2) is 13.6 Å². The summed E-state index contributed by atoms with van der Waals surface area (Å²) in [5, 5.41) is 8.20. The number of halogens is 6. The first-order chi connectivity index (χ1) is 15.0. The van der Waals surface area contributed by atoms with Gasteiger partial charge in [0.25, 0.3) is 5.56 Å².